The maximum Gasteiger partial charge on any atom is 0.253 e. The molecule has 0 spiro atoms. The quantitative estimate of drug-likeness (QED) is 0.699. The van der Waals surface area contributed by atoms with E-state index in [1.807, 2.05) is 32.0 Å². The molecule has 0 atom stereocenters. The molecule has 2 aromatic heterocycles. The van der Waals surface area contributed by atoms with E-state index < -0.39 is 0 Å². The summed E-state index contributed by atoms with van der Waals surface area (Å²) in [5, 5.41) is 7.32. The average molecular weight is 421 g/mol. The molecule has 7 nitrogen and oxygen atoms in total. The van der Waals surface area contributed by atoms with Crippen LogP contribution >= 0.6 is 0 Å². The number of likely N-dealkylation sites (tertiary alicyclic amines) is 1. The highest BCUT2D eigenvalue weighted by Crippen LogP contribution is 2.21. The summed E-state index contributed by atoms with van der Waals surface area (Å²) in [6.45, 7) is 4.87. The van der Waals surface area contributed by atoms with Crippen molar-refractivity contribution in [2.75, 3.05) is 18.4 Å². The highest BCUT2D eigenvalue weighted by Gasteiger charge is 2.28. The Morgan fingerprint density at radius 3 is 2.35 bits per heavy atom. The molecular formula is C23H24FN5O2. The van der Waals surface area contributed by atoms with Gasteiger partial charge in [0.05, 0.1) is 17.6 Å². The number of aromatic nitrogens is 3. The van der Waals surface area contributed by atoms with Crippen LogP contribution in [0.3, 0.4) is 0 Å². The number of halogens is 1. The predicted octanol–water partition coefficient (Wildman–Crippen LogP) is 3.51. The summed E-state index contributed by atoms with van der Waals surface area (Å²) >= 11 is 0. The molecule has 1 saturated heterocycles. The van der Waals surface area contributed by atoms with Crippen molar-refractivity contribution in [3.63, 3.8) is 0 Å². The largest absolute Gasteiger partial charge is 0.339 e. The molecule has 8 heteroatoms. The number of carbonyl (C=O) groups excluding carboxylic acids is 2. The van der Waals surface area contributed by atoms with Crippen LogP contribution in [0, 0.1) is 25.6 Å². The van der Waals surface area contributed by atoms with Crippen molar-refractivity contribution in [2.45, 2.75) is 26.7 Å². The standard InChI is InChI=1S/C23H24FN5O2/c1-15-13-16(2)29(27-15)21-8-7-20(14-25-21)26-22(30)17-9-11-28(12-10-17)23(31)18-3-5-19(24)6-4-18/h3-8,13-14,17H,9-12H2,1-2H3,(H,26,30). The van der Waals surface area contributed by atoms with E-state index in [1.165, 1.54) is 24.3 Å². The smallest absolute Gasteiger partial charge is 0.253 e. The molecule has 0 aliphatic carbocycles. The van der Waals surface area contributed by atoms with Crippen LogP contribution in [0.4, 0.5) is 10.1 Å². The molecule has 2 amide bonds. The van der Waals surface area contributed by atoms with Gasteiger partial charge < -0.3 is 10.2 Å². The fourth-order valence-electron chi connectivity index (χ4n) is 3.81. The Kier molecular flexibility index (Phi) is 5.79. The number of hydrogen-bond donors (Lipinski definition) is 1. The van der Waals surface area contributed by atoms with Crippen molar-refractivity contribution in [1.29, 1.82) is 0 Å². The summed E-state index contributed by atoms with van der Waals surface area (Å²) in [6, 6.07) is 11.1. The molecule has 160 valence electrons. The molecule has 1 N–H and O–H groups in total. The molecular weight excluding hydrogens is 397 g/mol. The number of piperidine rings is 1. The lowest BCUT2D eigenvalue weighted by Gasteiger charge is -2.31. The lowest BCUT2D eigenvalue weighted by molar-refractivity contribution is -0.121. The first-order chi connectivity index (χ1) is 14.9. The Labute approximate surface area is 179 Å². The molecule has 0 saturated carbocycles. The van der Waals surface area contributed by atoms with Crippen LogP contribution in [0.25, 0.3) is 5.82 Å². The summed E-state index contributed by atoms with van der Waals surface area (Å²) < 4.78 is 14.8. The lowest BCUT2D eigenvalue weighted by Crippen LogP contribution is -2.41. The minimum Gasteiger partial charge on any atom is -0.339 e. The maximum atomic E-state index is 13.1. The summed E-state index contributed by atoms with van der Waals surface area (Å²) in [7, 11) is 0. The highest BCUT2D eigenvalue weighted by molar-refractivity contribution is 5.95. The molecule has 3 aromatic rings. The van der Waals surface area contributed by atoms with Gasteiger partial charge in [-0.1, -0.05) is 0 Å². The summed E-state index contributed by atoms with van der Waals surface area (Å²) in [4.78, 5) is 31.3. The highest BCUT2D eigenvalue weighted by atomic mass is 19.1. The number of anilines is 1. The predicted molar refractivity (Wildman–Crippen MR) is 114 cm³/mol. The molecule has 0 bridgehead atoms. The summed E-state index contributed by atoms with van der Waals surface area (Å²) in [5.41, 5.74) is 2.99. The first-order valence-electron chi connectivity index (χ1n) is 10.3. The van der Waals surface area contributed by atoms with E-state index >= 15 is 0 Å². The third-order valence-corrected chi connectivity index (χ3v) is 5.49. The molecule has 3 heterocycles. The lowest BCUT2D eigenvalue weighted by atomic mass is 9.95. The van der Waals surface area contributed by atoms with Gasteiger partial charge in [0, 0.05) is 30.3 Å². The topological polar surface area (TPSA) is 80.1 Å². The van der Waals surface area contributed by atoms with Crippen molar-refractivity contribution < 1.29 is 14.0 Å². The van der Waals surface area contributed by atoms with Gasteiger partial charge in [0.25, 0.3) is 5.91 Å². The molecule has 1 fully saturated rings. The minimum atomic E-state index is -0.371. The van der Waals surface area contributed by atoms with E-state index in [-0.39, 0.29) is 23.5 Å². The van der Waals surface area contributed by atoms with Crippen molar-refractivity contribution in [1.82, 2.24) is 19.7 Å². The maximum absolute atomic E-state index is 13.1. The first kappa shape index (κ1) is 20.7. The number of benzene rings is 1. The van der Waals surface area contributed by atoms with E-state index in [1.54, 1.807) is 15.8 Å². The molecule has 31 heavy (non-hydrogen) atoms. The van der Waals surface area contributed by atoms with Gasteiger partial charge in [-0.15, -0.1) is 0 Å². The van der Waals surface area contributed by atoms with Gasteiger partial charge in [0.1, 0.15) is 5.82 Å². The van der Waals surface area contributed by atoms with Crippen LogP contribution in [0.2, 0.25) is 0 Å². The number of hydrogen-bond acceptors (Lipinski definition) is 4. The Bertz CT molecular complexity index is 1080. The second kappa shape index (κ2) is 8.67. The van der Waals surface area contributed by atoms with Gasteiger partial charge in [0.2, 0.25) is 5.91 Å². The molecule has 4 rings (SSSR count). The van der Waals surface area contributed by atoms with E-state index in [0.717, 1.165) is 11.4 Å². The zero-order chi connectivity index (χ0) is 22.0. The van der Waals surface area contributed by atoms with Gasteiger partial charge in [-0.2, -0.15) is 5.10 Å². The number of nitrogens with zero attached hydrogens (tertiary/aromatic N) is 4. The normalized spacial score (nSPS) is 14.5. The third-order valence-electron chi connectivity index (χ3n) is 5.49. The van der Waals surface area contributed by atoms with Crippen LogP contribution < -0.4 is 5.32 Å². The van der Waals surface area contributed by atoms with Gasteiger partial charge >= 0.3 is 0 Å². The van der Waals surface area contributed by atoms with Crippen LogP contribution in [-0.4, -0.2) is 44.6 Å². The van der Waals surface area contributed by atoms with E-state index in [2.05, 4.69) is 15.4 Å². The second-order valence-corrected chi connectivity index (χ2v) is 7.81. The monoisotopic (exact) mass is 421 g/mol. The number of nitrogens with one attached hydrogen (secondary N) is 1. The van der Waals surface area contributed by atoms with Crippen LogP contribution in [0.15, 0.2) is 48.7 Å². The van der Waals surface area contributed by atoms with E-state index in [9.17, 15) is 14.0 Å². The Morgan fingerprint density at radius 2 is 1.77 bits per heavy atom. The SMILES string of the molecule is Cc1cc(C)n(-c2ccc(NC(=O)C3CCN(C(=O)c4ccc(F)cc4)CC3)cn2)n1. The number of pyridine rings is 1. The van der Waals surface area contributed by atoms with Crippen LogP contribution in [0.1, 0.15) is 34.6 Å². The van der Waals surface area contributed by atoms with Crippen LogP contribution in [-0.2, 0) is 4.79 Å². The number of amides is 2. The first-order valence-corrected chi connectivity index (χ1v) is 10.3. The second-order valence-electron chi connectivity index (χ2n) is 7.81. The van der Waals surface area contributed by atoms with Gasteiger partial charge in [0.15, 0.2) is 5.82 Å². The molecule has 0 unspecified atom stereocenters. The summed E-state index contributed by atoms with van der Waals surface area (Å²) in [6.07, 6.45) is 2.78. The van der Waals surface area contributed by atoms with Crippen molar-refractivity contribution >= 4 is 17.5 Å². The zero-order valence-electron chi connectivity index (χ0n) is 17.5. The molecule has 1 aliphatic rings. The number of aryl methyl sites for hydroxylation is 2. The third kappa shape index (κ3) is 4.63. The van der Waals surface area contributed by atoms with Gasteiger partial charge in [-0.25, -0.2) is 14.1 Å². The molecule has 0 radical (unpaired) electrons. The Hall–Kier alpha value is -3.55. The van der Waals surface area contributed by atoms with Crippen molar-refractivity contribution in [2.24, 2.45) is 5.92 Å². The fraction of sp³-hybridized carbons (Fsp3) is 0.304. The van der Waals surface area contributed by atoms with E-state index in [4.69, 9.17) is 0 Å². The minimum absolute atomic E-state index is 0.0745. The summed E-state index contributed by atoms with van der Waals surface area (Å²) in [5.74, 6) is -0.0640. The Morgan fingerprint density at radius 1 is 1.06 bits per heavy atom. The number of carbonyl (C=O) groups is 2. The average Bonchev–Trinajstić information content (AvgIpc) is 3.12. The van der Waals surface area contributed by atoms with Crippen molar-refractivity contribution in [3.8, 4) is 5.82 Å². The molecule has 1 aromatic carbocycles. The van der Waals surface area contributed by atoms with Crippen LogP contribution in [0.5, 0.6) is 0 Å². The Balaban J connectivity index is 1.32. The van der Waals surface area contributed by atoms with Gasteiger partial charge in [-0.3, -0.25) is 9.59 Å². The van der Waals surface area contributed by atoms with Gasteiger partial charge in [-0.05, 0) is 69.2 Å². The molecule has 1 aliphatic heterocycles. The zero-order valence-corrected chi connectivity index (χ0v) is 17.5. The number of rotatable bonds is 4. The van der Waals surface area contributed by atoms with Crippen molar-refractivity contribution in [3.05, 3.63) is 71.4 Å². The van der Waals surface area contributed by atoms with E-state index in [0.29, 0.717) is 43.0 Å². The fourth-order valence-corrected chi connectivity index (χ4v) is 3.81.